The minimum Gasteiger partial charge on any atom is -0.357 e. The molecule has 2 aromatic rings. The third kappa shape index (κ3) is 6.00. The summed E-state index contributed by atoms with van der Waals surface area (Å²) in [6, 6.07) is 6.49. The standard InChI is InChI=1S/C16H18F4N4S/c1-2-21-15(22-8-7-11-5-3-4-6-12(11)17)23-9-14-24-13(10-25-14)16(18,19)20/h3-6,10H,2,7-9H2,1H3,(H2,21,22,23). The number of hydrogen-bond acceptors (Lipinski definition) is 3. The van der Waals surface area contributed by atoms with Crippen LogP contribution < -0.4 is 10.6 Å². The van der Waals surface area contributed by atoms with Crippen molar-refractivity contribution in [3.8, 4) is 0 Å². The quantitative estimate of drug-likeness (QED) is 0.461. The summed E-state index contributed by atoms with van der Waals surface area (Å²) >= 11 is 0.916. The molecule has 0 fully saturated rings. The molecule has 1 heterocycles. The molecule has 0 aliphatic carbocycles. The van der Waals surface area contributed by atoms with Crippen LogP contribution in [0.4, 0.5) is 17.6 Å². The molecule has 0 spiro atoms. The number of rotatable bonds is 6. The topological polar surface area (TPSA) is 49.3 Å². The van der Waals surface area contributed by atoms with E-state index < -0.39 is 11.9 Å². The maximum atomic E-state index is 13.6. The van der Waals surface area contributed by atoms with Crippen LogP contribution >= 0.6 is 11.3 Å². The molecule has 9 heteroatoms. The Kier molecular flexibility index (Phi) is 6.74. The smallest absolute Gasteiger partial charge is 0.357 e. The molecule has 1 aromatic heterocycles. The Hall–Kier alpha value is -2.16. The van der Waals surface area contributed by atoms with Gasteiger partial charge in [0, 0.05) is 18.5 Å². The number of halogens is 4. The molecule has 0 saturated heterocycles. The minimum atomic E-state index is -4.44. The average Bonchev–Trinajstić information content (AvgIpc) is 3.03. The summed E-state index contributed by atoms with van der Waals surface area (Å²) in [6.07, 6.45) is -3.98. The van der Waals surface area contributed by atoms with E-state index in [0.29, 0.717) is 31.0 Å². The van der Waals surface area contributed by atoms with Crippen LogP contribution in [0.5, 0.6) is 0 Å². The van der Waals surface area contributed by atoms with Crippen molar-refractivity contribution in [3.63, 3.8) is 0 Å². The number of aromatic nitrogens is 1. The summed E-state index contributed by atoms with van der Waals surface area (Å²) in [6.45, 7) is 2.95. The summed E-state index contributed by atoms with van der Waals surface area (Å²) in [4.78, 5) is 7.75. The van der Waals surface area contributed by atoms with E-state index in [4.69, 9.17) is 0 Å². The van der Waals surface area contributed by atoms with Crippen molar-refractivity contribution in [1.82, 2.24) is 15.6 Å². The zero-order chi connectivity index (χ0) is 18.3. The third-order valence-corrected chi connectivity index (χ3v) is 4.04. The zero-order valence-corrected chi connectivity index (χ0v) is 14.3. The van der Waals surface area contributed by atoms with Gasteiger partial charge in [0.15, 0.2) is 11.7 Å². The number of alkyl halides is 3. The van der Waals surface area contributed by atoms with Crippen molar-refractivity contribution in [3.05, 3.63) is 51.7 Å². The van der Waals surface area contributed by atoms with E-state index in [1.54, 1.807) is 18.2 Å². The van der Waals surface area contributed by atoms with Crippen LogP contribution in [0.15, 0.2) is 34.6 Å². The average molecular weight is 374 g/mol. The van der Waals surface area contributed by atoms with Gasteiger partial charge < -0.3 is 10.6 Å². The Labute approximate surface area is 147 Å². The molecule has 1 aromatic carbocycles. The molecule has 0 bridgehead atoms. The number of nitrogens with zero attached hydrogens (tertiary/aromatic N) is 2. The van der Waals surface area contributed by atoms with Crippen molar-refractivity contribution in [2.45, 2.75) is 26.1 Å². The van der Waals surface area contributed by atoms with Gasteiger partial charge in [-0.2, -0.15) is 13.2 Å². The van der Waals surface area contributed by atoms with Gasteiger partial charge in [-0.05, 0) is 25.0 Å². The lowest BCUT2D eigenvalue weighted by molar-refractivity contribution is -0.140. The maximum absolute atomic E-state index is 13.6. The van der Waals surface area contributed by atoms with Crippen LogP contribution in [0.3, 0.4) is 0 Å². The SMILES string of the molecule is CCNC(=NCc1nc(C(F)(F)F)cs1)NCCc1ccccc1F. The Bertz CT molecular complexity index is 712. The monoisotopic (exact) mass is 374 g/mol. The van der Waals surface area contributed by atoms with Crippen LogP contribution in [0, 0.1) is 5.82 Å². The molecule has 0 radical (unpaired) electrons. The molecule has 25 heavy (non-hydrogen) atoms. The Morgan fingerprint density at radius 3 is 2.64 bits per heavy atom. The van der Waals surface area contributed by atoms with Gasteiger partial charge in [0.05, 0.1) is 6.54 Å². The first-order chi connectivity index (χ1) is 11.9. The summed E-state index contributed by atoms with van der Waals surface area (Å²) < 4.78 is 51.2. The molecule has 2 N–H and O–H groups in total. The molecule has 0 amide bonds. The molecule has 0 atom stereocenters. The first-order valence-electron chi connectivity index (χ1n) is 7.67. The van der Waals surface area contributed by atoms with Crippen LogP contribution in [-0.2, 0) is 19.1 Å². The fourth-order valence-electron chi connectivity index (χ4n) is 2.02. The van der Waals surface area contributed by atoms with Gasteiger partial charge in [0.25, 0.3) is 0 Å². The zero-order valence-electron chi connectivity index (χ0n) is 13.5. The van der Waals surface area contributed by atoms with E-state index in [2.05, 4.69) is 20.6 Å². The van der Waals surface area contributed by atoms with E-state index in [1.165, 1.54) is 6.07 Å². The van der Waals surface area contributed by atoms with E-state index in [-0.39, 0.29) is 17.4 Å². The van der Waals surface area contributed by atoms with Gasteiger partial charge in [0.1, 0.15) is 10.8 Å². The fourth-order valence-corrected chi connectivity index (χ4v) is 2.74. The molecule has 4 nitrogen and oxygen atoms in total. The van der Waals surface area contributed by atoms with Gasteiger partial charge in [0.2, 0.25) is 0 Å². The molecular formula is C16H18F4N4S. The summed E-state index contributed by atoms with van der Waals surface area (Å²) in [5, 5.41) is 7.27. The minimum absolute atomic E-state index is 0.0375. The van der Waals surface area contributed by atoms with Crippen LogP contribution in [0.1, 0.15) is 23.2 Å². The van der Waals surface area contributed by atoms with Gasteiger partial charge in [-0.3, -0.25) is 0 Å². The second-order valence-corrected chi connectivity index (χ2v) is 6.03. The lowest BCUT2D eigenvalue weighted by Gasteiger charge is -2.11. The van der Waals surface area contributed by atoms with Crippen molar-refractivity contribution >= 4 is 17.3 Å². The van der Waals surface area contributed by atoms with Crippen molar-refractivity contribution in [2.24, 2.45) is 4.99 Å². The molecule has 0 saturated carbocycles. The third-order valence-electron chi connectivity index (χ3n) is 3.20. The number of aliphatic imine (C=N–C) groups is 1. The predicted molar refractivity (Wildman–Crippen MR) is 90.0 cm³/mol. The van der Waals surface area contributed by atoms with Crippen molar-refractivity contribution in [2.75, 3.05) is 13.1 Å². The van der Waals surface area contributed by atoms with Crippen LogP contribution in [-0.4, -0.2) is 24.0 Å². The second-order valence-electron chi connectivity index (χ2n) is 5.09. The Morgan fingerprint density at radius 2 is 2.00 bits per heavy atom. The highest BCUT2D eigenvalue weighted by atomic mass is 32.1. The highest BCUT2D eigenvalue weighted by Crippen LogP contribution is 2.30. The number of guanidine groups is 1. The second kappa shape index (κ2) is 8.80. The lowest BCUT2D eigenvalue weighted by atomic mass is 10.1. The van der Waals surface area contributed by atoms with Crippen molar-refractivity contribution in [1.29, 1.82) is 0 Å². The Morgan fingerprint density at radius 1 is 1.24 bits per heavy atom. The number of thiazole rings is 1. The molecule has 136 valence electrons. The molecule has 0 unspecified atom stereocenters. The van der Waals surface area contributed by atoms with E-state index in [1.807, 2.05) is 6.92 Å². The number of nitrogens with one attached hydrogen (secondary N) is 2. The number of hydrogen-bond donors (Lipinski definition) is 2. The van der Waals surface area contributed by atoms with Gasteiger partial charge >= 0.3 is 6.18 Å². The maximum Gasteiger partial charge on any atom is 0.434 e. The summed E-state index contributed by atoms with van der Waals surface area (Å²) in [5.74, 6) is 0.177. The molecule has 0 aliphatic rings. The molecular weight excluding hydrogens is 356 g/mol. The van der Waals surface area contributed by atoms with Gasteiger partial charge in [-0.1, -0.05) is 18.2 Å². The van der Waals surface area contributed by atoms with E-state index >= 15 is 0 Å². The van der Waals surface area contributed by atoms with Crippen LogP contribution in [0.2, 0.25) is 0 Å². The predicted octanol–water partition coefficient (Wildman–Crippen LogP) is 3.60. The normalized spacial score (nSPS) is 12.3. The number of benzene rings is 1. The van der Waals surface area contributed by atoms with Gasteiger partial charge in [-0.15, -0.1) is 11.3 Å². The van der Waals surface area contributed by atoms with E-state index in [9.17, 15) is 17.6 Å². The van der Waals surface area contributed by atoms with E-state index in [0.717, 1.165) is 16.7 Å². The summed E-state index contributed by atoms with van der Waals surface area (Å²) in [5.41, 5.74) is -0.319. The van der Waals surface area contributed by atoms with Gasteiger partial charge in [-0.25, -0.2) is 14.4 Å². The molecule has 0 aliphatic heterocycles. The Balaban J connectivity index is 1.92. The first kappa shape index (κ1) is 19.2. The largest absolute Gasteiger partial charge is 0.434 e. The lowest BCUT2D eigenvalue weighted by Crippen LogP contribution is -2.38. The fraction of sp³-hybridized carbons (Fsp3) is 0.375. The highest BCUT2D eigenvalue weighted by molar-refractivity contribution is 7.09. The molecule has 2 rings (SSSR count). The highest BCUT2D eigenvalue weighted by Gasteiger charge is 2.33. The first-order valence-corrected chi connectivity index (χ1v) is 8.55. The van der Waals surface area contributed by atoms with Crippen LogP contribution in [0.25, 0.3) is 0 Å². The van der Waals surface area contributed by atoms with Crippen molar-refractivity contribution < 1.29 is 17.6 Å². The summed E-state index contributed by atoms with van der Waals surface area (Å²) in [7, 11) is 0.